The number of para-hydroxylation sites is 1. The number of nitrogens with two attached hydrogens (primary N) is 1. The molecule has 0 saturated heterocycles. The van der Waals surface area contributed by atoms with Crippen LogP contribution in [0.25, 0.3) is 0 Å². The van der Waals surface area contributed by atoms with Crippen LogP contribution in [0.5, 0.6) is 5.75 Å². The van der Waals surface area contributed by atoms with Crippen LogP contribution in [0.4, 0.5) is 0 Å². The molecule has 0 aliphatic carbocycles. The van der Waals surface area contributed by atoms with Crippen LogP contribution >= 0.6 is 0 Å². The van der Waals surface area contributed by atoms with Crippen LogP contribution in [0, 0.1) is 6.92 Å². The van der Waals surface area contributed by atoms with Crippen molar-refractivity contribution in [2.75, 3.05) is 6.61 Å². The Morgan fingerprint density at radius 2 is 2.05 bits per heavy atom. The Balaban J connectivity index is 2.00. The van der Waals surface area contributed by atoms with E-state index in [0.717, 1.165) is 17.0 Å². The zero-order chi connectivity index (χ0) is 13.7. The Labute approximate surface area is 111 Å². The largest absolute Gasteiger partial charge is 0.491 e. The molecule has 2 rings (SSSR count). The van der Waals surface area contributed by atoms with E-state index < -0.39 is 0 Å². The number of nitrogens with zero attached hydrogens (tertiary/aromatic N) is 2. The normalized spacial score (nSPS) is 10.4. The lowest BCUT2D eigenvalue weighted by Gasteiger charge is -2.10. The molecule has 5 heteroatoms. The number of hydrogen-bond donors (Lipinski definition) is 1. The Morgan fingerprint density at radius 1 is 1.26 bits per heavy atom. The smallest absolute Gasteiger partial charge is 0.266 e. The van der Waals surface area contributed by atoms with Crippen LogP contribution in [0.1, 0.15) is 11.3 Å². The van der Waals surface area contributed by atoms with Crippen LogP contribution in [0.3, 0.4) is 0 Å². The van der Waals surface area contributed by atoms with Gasteiger partial charge in [-0.3, -0.25) is 4.79 Å². The lowest BCUT2D eigenvalue weighted by molar-refractivity contribution is 0.285. The fourth-order valence-corrected chi connectivity index (χ4v) is 1.77. The summed E-state index contributed by atoms with van der Waals surface area (Å²) in [4.78, 5) is 11.6. The lowest BCUT2D eigenvalue weighted by atomic mass is 10.2. The van der Waals surface area contributed by atoms with Crippen LogP contribution in [-0.4, -0.2) is 16.4 Å². The van der Waals surface area contributed by atoms with E-state index in [-0.39, 0.29) is 5.56 Å². The van der Waals surface area contributed by atoms with Gasteiger partial charge in [0.05, 0.1) is 12.2 Å². The molecule has 0 fully saturated rings. The Kier molecular flexibility index (Phi) is 4.30. The van der Waals surface area contributed by atoms with Gasteiger partial charge in [0.2, 0.25) is 0 Å². The minimum absolute atomic E-state index is 0.124. The van der Waals surface area contributed by atoms with Crippen molar-refractivity contribution in [3.05, 3.63) is 58.0 Å². The molecule has 0 atom stereocenters. The Morgan fingerprint density at radius 3 is 2.84 bits per heavy atom. The summed E-state index contributed by atoms with van der Waals surface area (Å²) in [5, 5.41) is 4.15. The van der Waals surface area contributed by atoms with Gasteiger partial charge in [-0.25, -0.2) is 4.68 Å². The van der Waals surface area contributed by atoms with Crippen molar-refractivity contribution < 1.29 is 4.74 Å². The molecular formula is C14H17N3O2. The number of aryl methyl sites for hydroxylation is 1. The maximum absolute atomic E-state index is 11.6. The highest BCUT2D eigenvalue weighted by molar-refractivity contribution is 5.32. The zero-order valence-corrected chi connectivity index (χ0v) is 10.9. The van der Waals surface area contributed by atoms with E-state index in [0.29, 0.717) is 19.7 Å². The van der Waals surface area contributed by atoms with E-state index in [4.69, 9.17) is 10.5 Å². The van der Waals surface area contributed by atoms with E-state index >= 15 is 0 Å². The molecule has 0 saturated carbocycles. The summed E-state index contributed by atoms with van der Waals surface area (Å²) < 4.78 is 7.05. The quantitative estimate of drug-likeness (QED) is 0.872. The van der Waals surface area contributed by atoms with Crippen molar-refractivity contribution in [1.82, 2.24) is 9.78 Å². The van der Waals surface area contributed by atoms with Crippen molar-refractivity contribution in [2.24, 2.45) is 5.73 Å². The molecule has 0 aliphatic rings. The zero-order valence-electron chi connectivity index (χ0n) is 10.9. The lowest BCUT2D eigenvalue weighted by Crippen LogP contribution is -2.25. The molecule has 0 bridgehead atoms. The third-order valence-corrected chi connectivity index (χ3v) is 2.75. The van der Waals surface area contributed by atoms with Crippen molar-refractivity contribution in [3.63, 3.8) is 0 Å². The molecule has 1 aromatic heterocycles. The first-order chi connectivity index (χ1) is 9.20. The molecule has 1 heterocycles. The van der Waals surface area contributed by atoms with Crippen LogP contribution < -0.4 is 16.0 Å². The molecule has 0 unspecified atom stereocenters. The van der Waals surface area contributed by atoms with Crippen molar-refractivity contribution in [1.29, 1.82) is 0 Å². The molecule has 0 radical (unpaired) electrons. The highest BCUT2D eigenvalue weighted by Crippen LogP contribution is 2.16. The molecule has 19 heavy (non-hydrogen) atoms. The fourth-order valence-electron chi connectivity index (χ4n) is 1.77. The second kappa shape index (κ2) is 6.15. The third kappa shape index (κ3) is 3.42. The van der Waals surface area contributed by atoms with Gasteiger partial charge < -0.3 is 10.5 Å². The van der Waals surface area contributed by atoms with Gasteiger partial charge in [0.15, 0.2) is 0 Å². The molecule has 0 spiro atoms. The molecular weight excluding hydrogens is 242 g/mol. The predicted molar refractivity (Wildman–Crippen MR) is 73.1 cm³/mol. The number of rotatable bonds is 5. The van der Waals surface area contributed by atoms with E-state index in [9.17, 15) is 4.79 Å². The number of ether oxygens (including phenoxy) is 1. The van der Waals surface area contributed by atoms with Gasteiger partial charge in [-0.2, -0.15) is 5.10 Å². The Hall–Kier alpha value is -2.14. The monoisotopic (exact) mass is 259 g/mol. The standard InChI is InChI=1S/C14H17N3O2/c1-11-6-7-14(18)17(16-11)8-9-19-13-5-3-2-4-12(13)10-15/h2-7H,8-10,15H2,1H3. The van der Waals surface area contributed by atoms with Gasteiger partial charge >= 0.3 is 0 Å². The molecule has 5 nitrogen and oxygen atoms in total. The van der Waals surface area contributed by atoms with E-state index in [1.165, 1.54) is 10.7 Å². The van der Waals surface area contributed by atoms with E-state index in [1.807, 2.05) is 31.2 Å². The first-order valence-corrected chi connectivity index (χ1v) is 6.16. The summed E-state index contributed by atoms with van der Waals surface area (Å²) in [7, 11) is 0. The second-order valence-corrected chi connectivity index (χ2v) is 4.20. The summed E-state index contributed by atoms with van der Waals surface area (Å²) >= 11 is 0. The maximum Gasteiger partial charge on any atom is 0.266 e. The van der Waals surface area contributed by atoms with Crippen molar-refractivity contribution >= 4 is 0 Å². The molecule has 1 aromatic carbocycles. The van der Waals surface area contributed by atoms with Gasteiger partial charge in [0.25, 0.3) is 5.56 Å². The summed E-state index contributed by atoms with van der Waals surface area (Å²) in [6.45, 7) is 3.08. The summed E-state index contributed by atoms with van der Waals surface area (Å²) in [5.74, 6) is 0.755. The summed E-state index contributed by atoms with van der Waals surface area (Å²) in [6.07, 6.45) is 0. The number of aromatic nitrogens is 2. The van der Waals surface area contributed by atoms with Gasteiger partial charge in [-0.05, 0) is 19.1 Å². The topological polar surface area (TPSA) is 70.1 Å². The first kappa shape index (κ1) is 13.3. The van der Waals surface area contributed by atoms with E-state index in [1.54, 1.807) is 6.07 Å². The number of benzene rings is 1. The molecule has 2 N–H and O–H groups in total. The summed E-state index contributed by atoms with van der Waals surface area (Å²) in [6, 6.07) is 10.8. The maximum atomic E-state index is 11.6. The van der Waals surface area contributed by atoms with Gasteiger partial charge in [-0.15, -0.1) is 0 Å². The molecule has 0 aliphatic heterocycles. The van der Waals surface area contributed by atoms with Crippen molar-refractivity contribution in [3.8, 4) is 5.75 Å². The van der Waals surface area contributed by atoms with E-state index in [2.05, 4.69) is 5.10 Å². The van der Waals surface area contributed by atoms with Crippen LogP contribution in [0.15, 0.2) is 41.2 Å². The van der Waals surface area contributed by atoms with Gasteiger partial charge in [0.1, 0.15) is 12.4 Å². The minimum atomic E-state index is -0.124. The second-order valence-electron chi connectivity index (χ2n) is 4.20. The summed E-state index contributed by atoms with van der Waals surface area (Å²) in [5.41, 5.74) is 7.26. The Bertz CT molecular complexity index is 608. The van der Waals surface area contributed by atoms with Crippen LogP contribution in [0.2, 0.25) is 0 Å². The SMILES string of the molecule is Cc1ccc(=O)n(CCOc2ccccc2CN)n1. The highest BCUT2D eigenvalue weighted by atomic mass is 16.5. The van der Waals surface area contributed by atoms with Gasteiger partial charge in [-0.1, -0.05) is 18.2 Å². The molecule has 100 valence electrons. The van der Waals surface area contributed by atoms with Gasteiger partial charge in [0, 0.05) is 18.2 Å². The molecule has 2 aromatic rings. The van der Waals surface area contributed by atoms with Crippen LogP contribution in [-0.2, 0) is 13.1 Å². The average molecular weight is 259 g/mol. The molecule has 0 amide bonds. The average Bonchev–Trinajstić information content (AvgIpc) is 2.43. The number of hydrogen-bond acceptors (Lipinski definition) is 4. The van der Waals surface area contributed by atoms with Crippen molar-refractivity contribution in [2.45, 2.75) is 20.0 Å². The highest BCUT2D eigenvalue weighted by Gasteiger charge is 2.02. The minimum Gasteiger partial charge on any atom is -0.491 e. The third-order valence-electron chi connectivity index (χ3n) is 2.75. The first-order valence-electron chi connectivity index (χ1n) is 6.16. The predicted octanol–water partition coefficient (Wildman–Crippen LogP) is 1.09. The fraction of sp³-hybridized carbons (Fsp3) is 0.286.